The number of ketones is 1. The number of nitrogens with zero attached hydrogens (tertiary/aromatic N) is 1. The van der Waals surface area contributed by atoms with Crippen molar-refractivity contribution in [1.29, 1.82) is 0 Å². The Morgan fingerprint density at radius 3 is 2.83 bits per heavy atom. The van der Waals surface area contributed by atoms with Crippen molar-refractivity contribution in [3.8, 4) is 0 Å². The summed E-state index contributed by atoms with van der Waals surface area (Å²) in [5.41, 5.74) is 1.72. The Morgan fingerprint density at radius 2 is 2.12 bits per heavy atom. The fourth-order valence-electron chi connectivity index (χ4n) is 2.53. The minimum Gasteiger partial charge on any atom is -0.383 e. The number of anilines is 1. The van der Waals surface area contributed by atoms with Gasteiger partial charge in [-0.3, -0.25) is 14.9 Å². The van der Waals surface area contributed by atoms with Crippen LogP contribution < -0.4 is 5.32 Å². The van der Waals surface area contributed by atoms with Crippen molar-refractivity contribution >= 4 is 35.0 Å². The van der Waals surface area contributed by atoms with E-state index in [9.17, 15) is 19.3 Å². The molecule has 5 nitrogen and oxygen atoms in total. The van der Waals surface area contributed by atoms with Crippen molar-refractivity contribution in [2.45, 2.75) is 4.90 Å². The van der Waals surface area contributed by atoms with Crippen LogP contribution in [0.2, 0.25) is 0 Å². The number of fused-ring (bicyclic) bond motifs is 1. The molecule has 0 radical (unpaired) electrons. The number of thioether (sulfide) groups is 1. The number of hydrogen-bond donors (Lipinski definition) is 1. The summed E-state index contributed by atoms with van der Waals surface area (Å²) in [6.07, 6.45) is 1.62. The summed E-state index contributed by atoms with van der Waals surface area (Å²) >= 11 is 1.25. The van der Waals surface area contributed by atoms with Crippen molar-refractivity contribution in [3.63, 3.8) is 0 Å². The molecule has 1 N–H and O–H groups in total. The first-order chi connectivity index (χ1) is 11.5. The molecule has 0 atom stereocenters. The Labute approximate surface area is 141 Å². The molecule has 1 aliphatic rings. The standard InChI is InChI=1S/C17H13FN2O3S/c1-19-14-6-5-10(8-15(14)20(22)23)7-11-9-24-17-12(16(11)21)3-2-4-13(17)18/h2-8,19H,9H2,1H3/b11-7-. The summed E-state index contributed by atoms with van der Waals surface area (Å²) in [5, 5.41) is 13.9. The highest BCUT2D eigenvalue weighted by Crippen LogP contribution is 2.35. The van der Waals surface area contributed by atoms with Crippen molar-refractivity contribution < 1.29 is 14.1 Å². The minimum atomic E-state index is -0.476. The maximum atomic E-state index is 13.7. The van der Waals surface area contributed by atoms with E-state index in [0.717, 1.165) is 0 Å². The molecule has 0 fully saturated rings. The molecule has 24 heavy (non-hydrogen) atoms. The Morgan fingerprint density at radius 1 is 1.33 bits per heavy atom. The first-order valence-electron chi connectivity index (χ1n) is 7.14. The molecule has 1 aliphatic heterocycles. The van der Waals surface area contributed by atoms with Gasteiger partial charge in [-0.15, -0.1) is 11.8 Å². The van der Waals surface area contributed by atoms with Gasteiger partial charge in [0.15, 0.2) is 5.78 Å². The lowest BCUT2D eigenvalue weighted by atomic mass is 10.0. The van der Waals surface area contributed by atoms with Crippen LogP contribution in [0, 0.1) is 15.9 Å². The zero-order valence-corrected chi connectivity index (χ0v) is 13.5. The van der Waals surface area contributed by atoms with E-state index in [-0.39, 0.29) is 11.5 Å². The molecule has 0 saturated carbocycles. The third-order valence-electron chi connectivity index (χ3n) is 3.70. The van der Waals surface area contributed by atoms with Crippen LogP contribution in [0.3, 0.4) is 0 Å². The Hall–Kier alpha value is -2.67. The molecule has 0 spiro atoms. The van der Waals surface area contributed by atoms with Crippen molar-refractivity contribution in [2.24, 2.45) is 0 Å². The second kappa shape index (κ2) is 6.45. The largest absolute Gasteiger partial charge is 0.383 e. The molecule has 1 heterocycles. The summed E-state index contributed by atoms with van der Waals surface area (Å²) in [7, 11) is 1.60. The first-order valence-corrected chi connectivity index (χ1v) is 8.12. The van der Waals surface area contributed by atoms with Crippen LogP contribution in [-0.4, -0.2) is 23.5 Å². The molecule has 2 aromatic carbocycles. The zero-order valence-electron chi connectivity index (χ0n) is 12.7. The third kappa shape index (κ3) is 2.90. The predicted octanol–water partition coefficient (Wildman–Crippen LogP) is 4.15. The van der Waals surface area contributed by atoms with E-state index in [2.05, 4.69) is 5.32 Å². The summed E-state index contributed by atoms with van der Waals surface area (Å²) in [6.45, 7) is 0. The Bertz CT molecular complexity index is 880. The molecule has 3 rings (SSSR count). The number of benzene rings is 2. The number of carbonyl (C=O) groups is 1. The van der Waals surface area contributed by atoms with Crippen LogP contribution in [0.25, 0.3) is 6.08 Å². The normalized spacial score (nSPS) is 15.2. The number of carbonyl (C=O) groups excluding carboxylic acids is 1. The average Bonchev–Trinajstić information content (AvgIpc) is 2.58. The first kappa shape index (κ1) is 16.2. The Balaban J connectivity index is 2.00. The molecule has 0 bridgehead atoms. The van der Waals surface area contributed by atoms with Gasteiger partial charge in [-0.2, -0.15) is 0 Å². The maximum absolute atomic E-state index is 13.7. The van der Waals surface area contributed by atoms with Gasteiger partial charge in [-0.05, 0) is 29.8 Å². The van der Waals surface area contributed by atoms with E-state index in [1.807, 2.05) is 0 Å². The smallest absolute Gasteiger partial charge is 0.292 e. The number of nitro benzene ring substituents is 1. The molecular formula is C17H13FN2O3S. The van der Waals surface area contributed by atoms with E-state index in [0.29, 0.717) is 33.0 Å². The molecule has 0 amide bonds. The number of Topliss-reactive ketones (excluding diaryl/α,β-unsaturated/α-hetero) is 1. The van der Waals surface area contributed by atoms with Crippen LogP contribution in [0.1, 0.15) is 15.9 Å². The van der Waals surface area contributed by atoms with Gasteiger partial charge in [-0.25, -0.2) is 4.39 Å². The zero-order chi connectivity index (χ0) is 17.3. The SMILES string of the molecule is CNc1ccc(/C=C2/CSc3c(F)cccc3C2=O)cc1[N+](=O)[O-]. The van der Waals surface area contributed by atoms with E-state index in [1.54, 1.807) is 31.3 Å². The van der Waals surface area contributed by atoms with E-state index >= 15 is 0 Å². The molecule has 7 heteroatoms. The summed E-state index contributed by atoms with van der Waals surface area (Å²) in [5.74, 6) is -0.323. The van der Waals surface area contributed by atoms with Gasteiger partial charge in [-0.1, -0.05) is 12.1 Å². The van der Waals surface area contributed by atoms with Gasteiger partial charge in [0.1, 0.15) is 11.5 Å². The lowest BCUT2D eigenvalue weighted by Crippen LogP contribution is -2.13. The highest BCUT2D eigenvalue weighted by Gasteiger charge is 2.25. The Kier molecular flexibility index (Phi) is 4.35. The van der Waals surface area contributed by atoms with Gasteiger partial charge in [0.05, 0.1) is 9.82 Å². The summed E-state index contributed by atoms with van der Waals surface area (Å²) in [6, 6.07) is 9.13. The lowest BCUT2D eigenvalue weighted by molar-refractivity contribution is -0.383. The molecule has 2 aromatic rings. The van der Waals surface area contributed by atoms with Crippen LogP contribution in [0.5, 0.6) is 0 Å². The fraction of sp³-hybridized carbons (Fsp3) is 0.118. The maximum Gasteiger partial charge on any atom is 0.292 e. The van der Waals surface area contributed by atoms with Crippen molar-refractivity contribution in [1.82, 2.24) is 0 Å². The number of rotatable bonds is 3. The molecular weight excluding hydrogens is 331 g/mol. The van der Waals surface area contributed by atoms with E-state index in [1.165, 1.54) is 30.0 Å². The lowest BCUT2D eigenvalue weighted by Gasteiger charge is -2.17. The second-order valence-corrected chi connectivity index (χ2v) is 6.17. The van der Waals surface area contributed by atoms with Gasteiger partial charge < -0.3 is 5.32 Å². The van der Waals surface area contributed by atoms with Crippen LogP contribution in [-0.2, 0) is 0 Å². The number of nitrogens with one attached hydrogen (secondary N) is 1. The topological polar surface area (TPSA) is 72.2 Å². The molecule has 122 valence electrons. The predicted molar refractivity (Wildman–Crippen MR) is 92.1 cm³/mol. The number of nitro groups is 1. The molecule has 0 unspecified atom stereocenters. The second-order valence-electron chi connectivity index (χ2n) is 5.19. The van der Waals surface area contributed by atoms with Crippen LogP contribution in [0.15, 0.2) is 46.9 Å². The van der Waals surface area contributed by atoms with Crippen LogP contribution >= 0.6 is 11.8 Å². The van der Waals surface area contributed by atoms with Crippen LogP contribution in [0.4, 0.5) is 15.8 Å². The molecule has 0 aliphatic carbocycles. The molecule has 0 aromatic heterocycles. The molecule has 0 saturated heterocycles. The van der Waals surface area contributed by atoms with E-state index < -0.39 is 10.7 Å². The van der Waals surface area contributed by atoms with Crippen molar-refractivity contribution in [2.75, 3.05) is 18.1 Å². The van der Waals surface area contributed by atoms with Gasteiger partial charge in [0, 0.05) is 30.0 Å². The van der Waals surface area contributed by atoms with Gasteiger partial charge in [0.2, 0.25) is 0 Å². The highest BCUT2D eigenvalue weighted by molar-refractivity contribution is 7.99. The minimum absolute atomic E-state index is 0.0609. The summed E-state index contributed by atoms with van der Waals surface area (Å²) < 4.78 is 13.7. The number of halogens is 1. The van der Waals surface area contributed by atoms with Gasteiger partial charge >= 0.3 is 0 Å². The quantitative estimate of drug-likeness (QED) is 0.514. The summed E-state index contributed by atoms with van der Waals surface area (Å²) in [4.78, 5) is 23.5. The highest BCUT2D eigenvalue weighted by atomic mass is 32.2. The monoisotopic (exact) mass is 344 g/mol. The third-order valence-corrected chi connectivity index (χ3v) is 4.86. The average molecular weight is 344 g/mol. The fourth-order valence-corrected chi connectivity index (χ4v) is 3.57. The van der Waals surface area contributed by atoms with Crippen molar-refractivity contribution in [3.05, 3.63) is 69.0 Å². The number of hydrogen-bond acceptors (Lipinski definition) is 5. The van der Waals surface area contributed by atoms with E-state index in [4.69, 9.17) is 0 Å². The van der Waals surface area contributed by atoms with Gasteiger partial charge in [0.25, 0.3) is 5.69 Å².